The minimum absolute atomic E-state index is 0.0262. The SMILES string of the molecule is CSC1(CNS(=O)(=O)N2CCCCC2C(=O)O)CCCC1. The summed E-state index contributed by atoms with van der Waals surface area (Å²) in [5.41, 5.74) is 0. The Morgan fingerprint density at radius 2 is 2.00 bits per heavy atom. The first kappa shape index (κ1) is 17.1. The molecule has 0 spiro atoms. The van der Waals surface area contributed by atoms with Crippen molar-refractivity contribution in [2.75, 3.05) is 19.3 Å². The predicted octanol–water partition coefficient (Wildman–Crippen LogP) is 1.44. The molecule has 0 aromatic rings. The van der Waals surface area contributed by atoms with Gasteiger partial charge < -0.3 is 5.11 Å². The minimum Gasteiger partial charge on any atom is -0.480 e. The van der Waals surface area contributed by atoms with Crippen LogP contribution in [0.2, 0.25) is 0 Å². The van der Waals surface area contributed by atoms with Crippen LogP contribution in [0.15, 0.2) is 0 Å². The second kappa shape index (κ2) is 6.85. The highest BCUT2D eigenvalue weighted by atomic mass is 32.2. The summed E-state index contributed by atoms with van der Waals surface area (Å²) in [6, 6.07) is -0.926. The van der Waals surface area contributed by atoms with Crippen LogP contribution in [0.4, 0.5) is 0 Å². The fraction of sp³-hybridized carbons (Fsp3) is 0.923. The van der Waals surface area contributed by atoms with E-state index in [0.717, 1.165) is 42.8 Å². The van der Waals surface area contributed by atoms with Gasteiger partial charge in [-0.25, -0.2) is 4.72 Å². The molecular formula is C13H24N2O4S2. The van der Waals surface area contributed by atoms with Crippen LogP contribution in [0, 0.1) is 0 Å². The molecule has 2 fully saturated rings. The molecule has 8 heteroatoms. The van der Waals surface area contributed by atoms with Crippen molar-refractivity contribution in [2.24, 2.45) is 0 Å². The quantitative estimate of drug-likeness (QED) is 0.766. The predicted molar refractivity (Wildman–Crippen MR) is 83.6 cm³/mol. The number of nitrogens with zero attached hydrogens (tertiary/aromatic N) is 1. The highest BCUT2D eigenvalue weighted by molar-refractivity contribution is 8.00. The summed E-state index contributed by atoms with van der Waals surface area (Å²) in [6.45, 7) is 0.678. The van der Waals surface area contributed by atoms with E-state index in [2.05, 4.69) is 4.72 Å². The molecule has 0 aromatic carbocycles. The summed E-state index contributed by atoms with van der Waals surface area (Å²) < 4.78 is 28.7. The minimum atomic E-state index is -3.72. The van der Waals surface area contributed by atoms with Gasteiger partial charge in [-0.15, -0.1) is 0 Å². The Kier molecular flexibility index (Phi) is 5.56. The van der Waals surface area contributed by atoms with Gasteiger partial charge >= 0.3 is 5.97 Å². The molecule has 21 heavy (non-hydrogen) atoms. The fourth-order valence-electron chi connectivity index (χ4n) is 3.22. The lowest BCUT2D eigenvalue weighted by atomic mass is 10.1. The van der Waals surface area contributed by atoms with Gasteiger partial charge in [-0.3, -0.25) is 4.79 Å². The summed E-state index contributed by atoms with van der Waals surface area (Å²) >= 11 is 1.71. The summed E-state index contributed by atoms with van der Waals surface area (Å²) in [7, 11) is -3.72. The standard InChI is InChI=1S/C13H24N2O4S2/c1-20-13(7-3-4-8-13)10-14-21(18,19)15-9-5-2-6-11(15)12(16)17/h11,14H,2-10H2,1H3,(H,16,17). The molecule has 1 aliphatic carbocycles. The van der Waals surface area contributed by atoms with Crippen molar-refractivity contribution in [3.8, 4) is 0 Å². The first-order chi connectivity index (χ1) is 9.90. The van der Waals surface area contributed by atoms with Gasteiger partial charge in [-0.05, 0) is 38.4 Å². The average Bonchev–Trinajstić information content (AvgIpc) is 2.95. The fourth-order valence-corrected chi connectivity index (χ4v) is 5.75. The van der Waals surface area contributed by atoms with Crippen LogP contribution in [-0.4, -0.2) is 53.9 Å². The van der Waals surface area contributed by atoms with Crippen molar-refractivity contribution in [1.82, 2.24) is 9.03 Å². The number of aliphatic carboxylic acids is 1. The molecule has 1 saturated carbocycles. The van der Waals surface area contributed by atoms with Crippen molar-refractivity contribution in [3.05, 3.63) is 0 Å². The molecule has 1 atom stereocenters. The van der Waals surface area contributed by atoms with Crippen LogP contribution >= 0.6 is 11.8 Å². The number of carboxylic acid groups (broad SMARTS) is 1. The van der Waals surface area contributed by atoms with Gasteiger partial charge in [0.05, 0.1) is 0 Å². The van der Waals surface area contributed by atoms with E-state index in [1.165, 1.54) is 0 Å². The molecular weight excluding hydrogens is 312 g/mol. The molecule has 1 aliphatic heterocycles. The van der Waals surface area contributed by atoms with E-state index >= 15 is 0 Å². The number of piperidine rings is 1. The summed E-state index contributed by atoms with van der Waals surface area (Å²) in [5.74, 6) is -1.06. The zero-order chi connectivity index (χ0) is 15.5. The van der Waals surface area contributed by atoms with Gasteiger partial charge in [0.25, 0.3) is 10.2 Å². The van der Waals surface area contributed by atoms with Gasteiger partial charge in [-0.2, -0.15) is 24.5 Å². The molecule has 0 aromatic heterocycles. The largest absolute Gasteiger partial charge is 0.480 e. The summed E-state index contributed by atoms with van der Waals surface area (Å²) in [4.78, 5) is 11.3. The number of nitrogens with one attached hydrogen (secondary N) is 1. The molecule has 0 radical (unpaired) electrons. The normalized spacial score (nSPS) is 26.8. The summed E-state index contributed by atoms with van der Waals surface area (Å²) in [5, 5.41) is 9.21. The lowest BCUT2D eigenvalue weighted by Crippen LogP contribution is -2.53. The third-order valence-electron chi connectivity index (χ3n) is 4.57. The Morgan fingerprint density at radius 1 is 1.33 bits per heavy atom. The van der Waals surface area contributed by atoms with Crippen molar-refractivity contribution >= 4 is 27.9 Å². The highest BCUT2D eigenvalue weighted by Crippen LogP contribution is 2.39. The van der Waals surface area contributed by atoms with E-state index < -0.39 is 22.2 Å². The van der Waals surface area contributed by atoms with Crippen LogP contribution < -0.4 is 4.72 Å². The van der Waals surface area contributed by atoms with E-state index in [0.29, 0.717) is 19.5 Å². The van der Waals surface area contributed by atoms with Gasteiger partial charge in [0.2, 0.25) is 0 Å². The van der Waals surface area contributed by atoms with Crippen molar-refractivity contribution in [3.63, 3.8) is 0 Å². The van der Waals surface area contributed by atoms with Crippen LogP contribution in [0.1, 0.15) is 44.9 Å². The molecule has 2 N–H and O–H groups in total. The lowest BCUT2D eigenvalue weighted by Gasteiger charge is -2.34. The Bertz CT molecular complexity index is 475. The third-order valence-corrected chi connectivity index (χ3v) is 7.55. The molecule has 1 saturated heterocycles. The first-order valence-electron chi connectivity index (χ1n) is 7.45. The number of hydrogen-bond acceptors (Lipinski definition) is 4. The van der Waals surface area contributed by atoms with Gasteiger partial charge in [0.1, 0.15) is 6.04 Å². The Labute approximate surface area is 130 Å². The van der Waals surface area contributed by atoms with Crippen LogP contribution in [-0.2, 0) is 15.0 Å². The van der Waals surface area contributed by atoms with E-state index in [1.807, 2.05) is 6.26 Å². The van der Waals surface area contributed by atoms with Crippen molar-refractivity contribution in [2.45, 2.75) is 55.7 Å². The molecule has 2 aliphatic rings. The maximum absolute atomic E-state index is 12.5. The molecule has 122 valence electrons. The molecule has 0 amide bonds. The molecule has 6 nitrogen and oxygen atoms in total. The Morgan fingerprint density at radius 3 is 2.57 bits per heavy atom. The maximum Gasteiger partial charge on any atom is 0.322 e. The highest BCUT2D eigenvalue weighted by Gasteiger charge is 2.39. The maximum atomic E-state index is 12.5. The van der Waals surface area contributed by atoms with Crippen molar-refractivity contribution < 1.29 is 18.3 Å². The second-order valence-corrected chi connectivity index (χ2v) is 8.86. The smallest absolute Gasteiger partial charge is 0.322 e. The molecule has 0 bridgehead atoms. The zero-order valence-corrected chi connectivity index (χ0v) is 14.0. The number of hydrogen-bond donors (Lipinski definition) is 2. The number of carbonyl (C=O) groups is 1. The van der Waals surface area contributed by atoms with Crippen molar-refractivity contribution in [1.29, 1.82) is 0 Å². The number of thioether (sulfide) groups is 1. The van der Waals surface area contributed by atoms with Gasteiger partial charge in [0, 0.05) is 17.8 Å². The second-order valence-electron chi connectivity index (χ2n) is 5.88. The van der Waals surface area contributed by atoms with Gasteiger partial charge in [-0.1, -0.05) is 12.8 Å². The summed E-state index contributed by atoms with van der Waals surface area (Å²) in [6.07, 6.45) is 8.17. The number of carboxylic acids is 1. The van der Waals surface area contributed by atoms with Crippen LogP contribution in [0.3, 0.4) is 0 Å². The monoisotopic (exact) mass is 336 g/mol. The Balaban J connectivity index is 2.04. The Hall–Kier alpha value is -0.310. The number of rotatable bonds is 6. The average molecular weight is 336 g/mol. The van der Waals surface area contributed by atoms with E-state index in [1.54, 1.807) is 11.8 Å². The zero-order valence-electron chi connectivity index (χ0n) is 12.4. The van der Waals surface area contributed by atoms with E-state index in [4.69, 9.17) is 0 Å². The van der Waals surface area contributed by atoms with Gasteiger partial charge in [0.15, 0.2) is 0 Å². The lowest BCUT2D eigenvalue weighted by molar-refractivity contribution is -0.142. The van der Waals surface area contributed by atoms with Crippen LogP contribution in [0.5, 0.6) is 0 Å². The molecule has 1 unspecified atom stereocenters. The first-order valence-corrected chi connectivity index (χ1v) is 10.1. The van der Waals surface area contributed by atoms with E-state index in [9.17, 15) is 18.3 Å². The third kappa shape index (κ3) is 3.91. The van der Waals surface area contributed by atoms with Crippen LogP contribution in [0.25, 0.3) is 0 Å². The molecule has 2 rings (SSSR count). The topological polar surface area (TPSA) is 86.7 Å². The molecule has 1 heterocycles. The van der Waals surface area contributed by atoms with E-state index in [-0.39, 0.29) is 4.75 Å².